The SMILES string of the molecule is CC(C)(C)OC(=O)NNC(=O)c1cc(F)c(N2CCC(NC(=O)OC(C)(C)C)C2)c(C=NOCc2ccccc2)c1NC1CC1. The van der Waals surface area contributed by atoms with Crippen LogP contribution in [0.3, 0.4) is 0 Å². The molecular weight excluding hydrogens is 583 g/mol. The predicted octanol–water partition coefficient (Wildman–Crippen LogP) is 5.22. The Kier molecular flexibility index (Phi) is 10.4. The number of alkyl carbamates (subject to hydrolysis) is 1. The highest BCUT2D eigenvalue weighted by molar-refractivity contribution is 6.07. The van der Waals surface area contributed by atoms with Gasteiger partial charge in [0.15, 0.2) is 0 Å². The lowest BCUT2D eigenvalue weighted by Crippen LogP contribution is -2.44. The number of carbonyl (C=O) groups is 3. The number of halogens is 1. The fourth-order valence-corrected chi connectivity index (χ4v) is 4.68. The van der Waals surface area contributed by atoms with E-state index in [-0.39, 0.29) is 29.9 Å². The molecule has 4 rings (SSSR count). The first kappa shape index (κ1) is 33.3. The minimum Gasteiger partial charge on any atom is -0.444 e. The van der Waals surface area contributed by atoms with E-state index in [4.69, 9.17) is 14.3 Å². The van der Waals surface area contributed by atoms with Gasteiger partial charge in [-0.3, -0.25) is 10.2 Å². The van der Waals surface area contributed by atoms with E-state index in [1.54, 1.807) is 46.4 Å². The van der Waals surface area contributed by atoms with E-state index in [1.807, 2.05) is 30.3 Å². The lowest BCUT2D eigenvalue weighted by Gasteiger charge is -2.26. The molecule has 1 saturated carbocycles. The van der Waals surface area contributed by atoms with Crippen LogP contribution in [0.2, 0.25) is 0 Å². The third-order valence-electron chi connectivity index (χ3n) is 6.69. The van der Waals surface area contributed by atoms with Gasteiger partial charge in [-0.15, -0.1) is 0 Å². The number of nitrogens with zero attached hydrogens (tertiary/aromatic N) is 2. The molecule has 1 unspecified atom stereocenters. The number of oxime groups is 1. The Morgan fingerprint density at radius 3 is 2.27 bits per heavy atom. The summed E-state index contributed by atoms with van der Waals surface area (Å²) in [6.07, 6.45) is 2.27. The number of ether oxygens (including phenoxy) is 2. The van der Waals surface area contributed by atoms with Crippen LogP contribution in [-0.4, -0.2) is 60.7 Å². The molecule has 0 spiro atoms. The Hall–Kier alpha value is -4.55. The van der Waals surface area contributed by atoms with E-state index in [0.717, 1.165) is 24.5 Å². The van der Waals surface area contributed by atoms with Crippen LogP contribution in [0.25, 0.3) is 0 Å². The monoisotopic (exact) mass is 626 g/mol. The van der Waals surface area contributed by atoms with Crippen LogP contribution in [0.1, 0.15) is 82.3 Å². The molecule has 2 aromatic rings. The maximum absolute atomic E-state index is 16.1. The molecule has 45 heavy (non-hydrogen) atoms. The van der Waals surface area contributed by atoms with Crippen molar-refractivity contribution < 1.29 is 33.1 Å². The molecule has 3 amide bonds. The summed E-state index contributed by atoms with van der Waals surface area (Å²) >= 11 is 0. The average molecular weight is 627 g/mol. The predicted molar refractivity (Wildman–Crippen MR) is 169 cm³/mol. The molecule has 0 radical (unpaired) electrons. The maximum atomic E-state index is 16.1. The quantitative estimate of drug-likeness (QED) is 0.219. The van der Waals surface area contributed by atoms with Crippen molar-refractivity contribution in [1.29, 1.82) is 0 Å². The number of hydrazine groups is 1. The normalized spacial score (nSPS) is 16.7. The van der Waals surface area contributed by atoms with E-state index in [1.165, 1.54) is 6.21 Å². The van der Waals surface area contributed by atoms with Crippen molar-refractivity contribution in [2.45, 2.75) is 90.7 Å². The van der Waals surface area contributed by atoms with Crippen LogP contribution >= 0.6 is 0 Å². The number of nitrogens with one attached hydrogen (secondary N) is 4. The first-order chi connectivity index (χ1) is 21.2. The van der Waals surface area contributed by atoms with Gasteiger partial charge < -0.3 is 29.8 Å². The van der Waals surface area contributed by atoms with E-state index < -0.39 is 35.1 Å². The van der Waals surface area contributed by atoms with Crippen molar-refractivity contribution in [1.82, 2.24) is 16.2 Å². The van der Waals surface area contributed by atoms with Gasteiger partial charge in [-0.1, -0.05) is 35.5 Å². The molecule has 1 aliphatic heterocycles. The Balaban J connectivity index is 1.64. The van der Waals surface area contributed by atoms with Crippen LogP contribution < -0.4 is 26.4 Å². The Bertz CT molecular complexity index is 1400. The van der Waals surface area contributed by atoms with Gasteiger partial charge in [-0.2, -0.15) is 0 Å². The second kappa shape index (κ2) is 14.0. The molecule has 13 heteroatoms. The van der Waals surface area contributed by atoms with Crippen molar-refractivity contribution in [3.05, 3.63) is 58.9 Å². The van der Waals surface area contributed by atoms with Crippen LogP contribution in [-0.2, 0) is 20.9 Å². The molecule has 1 atom stereocenters. The minimum absolute atomic E-state index is 0.0358. The summed E-state index contributed by atoms with van der Waals surface area (Å²) in [6.45, 7) is 11.3. The minimum atomic E-state index is -0.860. The van der Waals surface area contributed by atoms with Gasteiger partial charge in [0.1, 0.15) is 23.6 Å². The fraction of sp³-hybridized carbons (Fsp3) is 0.500. The number of rotatable bonds is 9. The van der Waals surface area contributed by atoms with Gasteiger partial charge in [0.25, 0.3) is 5.91 Å². The summed E-state index contributed by atoms with van der Waals surface area (Å²) in [5.74, 6) is -1.43. The molecule has 4 N–H and O–H groups in total. The van der Waals surface area contributed by atoms with Crippen LogP contribution in [0.4, 0.5) is 25.4 Å². The maximum Gasteiger partial charge on any atom is 0.426 e. The first-order valence-corrected chi connectivity index (χ1v) is 15.0. The number of benzene rings is 2. The van der Waals surface area contributed by atoms with E-state index >= 15 is 4.39 Å². The number of anilines is 2. The zero-order chi connectivity index (χ0) is 32.8. The van der Waals surface area contributed by atoms with E-state index in [0.29, 0.717) is 30.8 Å². The molecule has 1 heterocycles. The third-order valence-corrected chi connectivity index (χ3v) is 6.69. The summed E-state index contributed by atoms with van der Waals surface area (Å²) in [6, 6.07) is 10.4. The Labute approximate surface area is 263 Å². The van der Waals surface area contributed by atoms with Gasteiger partial charge in [0.05, 0.1) is 29.2 Å². The molecule has 2 fully saturated rings. The standard InChI is InChI=1S/C32H43FN6O6/c1-31(2,3)44-29(41)36-22-14-15-39(18-22)27-24(17-34-43-19-20-10-8-7-9-11-20)26(35-21-12-13-21)23(16-25(27)33)28(40)37-38-30(42)45-32(4,5)6/h7-11,16-17,21-22,35H,12-15,18-19H2,1-6H3,(H,36,41)(H,37,40)(H,38,42). The van der Waals surface area contributed by atoms with Crippen LogP contribution in [0.5, 0.6) is 0 Å². The number of carbonyl (C=O) groups excluding carboxylic acids is 3. The third kappa shape index (κ3) is 10.3. The largest absolute Gasteiger partial charge is 0.444 e. The van der Waals surface area contributed by atoms with Gasteiger partial charge in [0, 0.05) is 24.7 Å². The summed E-state index contributed by atoms with van der Waals surface area (Å²) in [4.78, 5) is 45.3. The van der Waals surface area contributed by atoms with Crippen LogP contribution in [0, 0.1) is 5.82 Å². The number of hydrogen-bond acceptors (Lipinski definition) is 9. The second-order valence-electron chi connectivity index (χ2n) is 13.1. The molecule has 2 aromatic carbocycles. The number of amides is 3. The Morgan fingerprint density at radius 1 is 0.956 bits per heavy atom. The molecule has 0 aromatic heterocycles. The van der Waals surface area contributed by atoms with Crippen molar-refractivity contribution in [3.63, 3.8) is 0 Å². The van der Waals surface area contributed by atoms with Gasteiger partial charge in [-0.05, 0) is 72.4 Å². The molecular formula is C32H43FN6O6. The zero-order valence-corrected chi connectivity index (χ0v) is 26.7. The van der Waals surface area contributed by atoms with Crippen molar-refractivity contribution >= 4 is 35.7 Å². The van der Waals surface area contributed by atoms with Gasteiger partial charge in [0.2, 0.25) is 0 Å². The van der Waals surface area contributed by atoms with Crippen molar-refractivity contribution in [2.75, 3.05) is 23.3 Å². The lowest BCUT2D eigenvalue weighted by molar-refractivity contribution is 0.0480. The van der Waals surface area contributed by atoms with E-state index in [9.17, 15) is 14.4 Å². The highest BCUT2D eigenvalue weighted by Crippen LogP contribution is 2.37. The molecule has 0 bridgehead atoms. The Morgan fingerprint density at radius 2 is 1.62 bits per heavy atom. The smallest absolute Gasteiger partial charge is 0.426 e. The highest BCUT2D eigenvalue weighted by Gasteiger charge is 2.33. The van der Waals surface area contributed by atoms with Gasteiger partial charge >= 0.3 is 12.2 Å². The summed E-state index contributed by atoms with van der Waals surface area (Å²) in [5, 5.41) is 10.4. The molecule has 12 nitrogen and oxygen atoms in total. The molecule has 244 valence electrons. The molecule has 2 aliphatic rings. The van der Waals surface area contributed by atoms with Crippen molar-refractivity contribution in [3.8, 4) is 0 Å². The van der Waals surface area contributed by atoms with Gasteiger partial charge in [-0.25, -0.2) is 19.4 Å². The van der Waals surface area contributed by atoms with Crippen LogP contribution in [0.15, 0.2) is 41.6 Å². The fourth-order valence-electron chi connectivity index (χ4n) is 4.68. The zero-order valence-electron chi connectivity index (χ0n) is 26.7. The summed E-state index contributed by atoms with van der Waals surface area (Å²) in [5.41, 5.74) is 4.80. The average Bonchev–Trinajstić information content (AvgIpc) is 3.65. The summed E-state index contributed by atoms with van der Waals surface area (Å²) in [7, 11) is 0. The lowest BCUT2D eigenvalue weighted by atomic mass is 10.0. The number of hydrogen-bond donors (Lipinski definition) is 4. The topological polar surface area (TPSA) is 143 Å². The summed E-state index contributed by atoms with van der Waals surface area (Å²) < 4.78 is 26.7. The van der Waals surface area contributed by atoms with E-state index in [2.05, 4.69) is 26.6 Å². The first-order valence-electron chi connectivity index (χ1n) is 15.0. The molecule has 1 aliphatic carbocycles. The molecule has 1 saturated heterocycles. The van der Waals surface area contributed by atoms with Crippen molar-refractivity contribution in [2.24, 2.45) is 5.16 Å². The second-order valence-corrected chi connectivity index (χ2v) is 13.1. The highest BCUT2D eigenvalue weighted by atomic mass is 19.1.